The van der Waals surface area contributed by atoms with E-state index >= 15 is 0 Å². The third kappa shape index (κ3) is 3.37. The van der Waals surface area contributed by atoms with Crippen LogP contribution in [-0.4, -0.2) is 27.8 Å². The van der Waals surface area contributed by atoms with Gasteiger partial charge >= 0.3 is 6.01 Å². The average molecular weight is 214 g/mol. The number of aromatic nitrogens is 3. The highest BCUT2D eigenvalue weighted by Crippen LogP contribution is 2.17. The topological polar surface area (TPSA) is 73.9 Å². The molecule has 1 rings (SSSR count). The summed E-state index contributed by atoms with van der Waals surface area (Å²) in [5, 5.41) is 0.628. The number of anilines is 1. The molecule has 0 aliphatic rings. The van der Waals surface area contributed by atoms with E-state index in [0.29, 0.717) is 5.16 Å². The fourth-order valence-corrected chi connectivity index (χ4v) is 1.73. The van der Waals surface area contributed by atoms with Gasteiger partial charge in [0.2, 0.25) is 5.95 Å². The van der Waals surface area contributed by atoms with Crippen molar-refractivity contribution in [2.24, 2.45) is 0 Å². The van der Waals surface area contributed by atoms with E-state index in [2.05, 4.69) is 21.9 Å². The third-order valence-electron chi connectivity index (χ3n) is 1.52. The first-order valence-corrected chi connectivity index (χ1v) is 5.43. The number of unbranched alkanes of at least 4 members (excludes halogenated alkanes) is 1. The summed E-state index contributed by atoms with van der Waals surface area (Å²) in [6, 6.07) is 0.275. The van der Waals surface area contributed by atoms with Crippen molar-refractivity contribution in [1.82, 2.24) is 15.0 Å². The molecule has 6 heteroatoms. The average Bonchev–Trinajstić information content (AvgIpc) is 2.17. The zero-order valence-electron chi connectivity index (χ0n) is 8.36. The standard InChI is InChI=1S/C8H14N4OS/c1-3-4-5-14-8-11-6(9)10-7(12-8)13-2/h3-5H2,1-2H3,(H2,9,10,11,12). The molecule has 0 aliphatic heterocycles. The number of nitrogen functional groups attached to an aromatic ring is 1. The van der Waals surface area contributed by atoms with E-state index in [1.54, 1.807) is 11.8 Å². The van der Waals surface area contributed by atoms with Crippen molar-refractivity contribution < 1.29 is 4.74 Å². The zero-order chi connectivity index (χ0) is 10.4. The maximum Gasteiger partial charge on any atom is 0.321 e. The molecular weight excluding hydrogens is 200 g/mol. The maximum atomic E-state index is 5.48. The Morgan fingerprint density at radius 2 is 2.14 bits per heavy atom. The SMILES string of the molecule is CCCCSc1nc(N)nc(OC)n1. The van der Waals surface area contributed by atoms with Gasteiger partial charge in [-0.25, -0.2) is 0 Å². The van der Waals surface area contributed by atoms with Crippen LogP contribution in [0.1, 0.15) is 19.8 Å². The van der Waals surface area contributed by atoms with Gasteiger partial charge in [0.15, 0.2) is 5.16 Å². The molecule has 14 heavy (non-hydrogen) atoms. The molecule has 1 aromatic heterocycles. The Morgan fingerprint density at radius 3 is 2.79 bits per heavy atom. The highest BCUT2D eigenvalue weighted by Gasteiger charge is 2.04. The molecule has 0 fully saturated rings. The van der Waals surface area contributed by atoms with Crippen molar-refractivity contribution in [2.45, 2.75) is 24.9 Å². The van der Waals surface area contributed by atoms with Crippen LogP contribution in [0.25, 0.3) is 0 Å². The molecule has 0 bridgehead atoms. The molecule has 0 spiro atoms. The fourth-order valence-electron chi connectivity index (χ4n) is 0.816. The zero-order valence-corrected chi connectivity index (χ0v) is 9.17. The van der Waals surface area contributed by atoms with Crippen LogP contribution in [0, 0.1) is 0 Å². The number of ether oxygens (including phenoxy) is 1. The fraction of sp³-hybridized carbons (Fsp3) is 0.625. The van der Waals surface area contributed by atoms with Crippen molar-refractivity contribution in [2.75, 3.05) is 18.6 Å². The Kier molecular flexibility index (Phi) is 4.45. The van der Waals surface area contributed by atoms with Crippen LogP contribution in [0.3, 0.4) is 0 Å². The molecule has 0 aliphatic carbocycles. The lowest BCUT2D eigenvalue weighted by Crippen LogP contribution is -2.02. The van der Waals surface area contributed by atoms with Crippen molar-refractivity contribution in [3.63, 3.8) is 0 Å². The molecule has 0 atom stereocenters. The van der Waals surface area contributed by atoms with Crippen LogP contribution < -0.4 is 10.5 Å². The smallest absolute Gasteiger partial charge is 0.321 e. The van der Waals surface area contributed by atoms with Gasteiger partial charge in [0.25, 0.3) is 0 Å². The lowest BCUT2D eigenvalue weighted by atomic mass is 10.4. The molecule has 0 radical (unpaired) electrons. The normalized spacial score (nSPS) is 10.1. The predicted molar refractivity (Wildman–Crippen MR) is 56.4 cm³/mol. The number of hydrogen-bond donors (Lipinski definition) is 1. The number of hydrogen-bond acceptors (Lipinski definition) is 6. The van der Waals surface area contributed by atoms with E-state index < -0.39 is 0 Å². The molecule has 0 unspecified atom stereocenters. The number of thioether (sulfide) groups is 1. The summed E-state index contributed by atoms with van der Waals surface area (Å²) >= 11 is 1.57. The van der Waals surface area contributed by atoms with Crippen molar-refractivity contribution >= 4 is 17.7 Å². The molecule has 5 nitrogen and oxygen atoms in total. The molecule has 0 saturated carbocycles. The maximum absolute atomic E-state index is 5.48. The van der Waals surface area contributed by atoms with Gasteiger partial charge in [0, 0.05) is 5.75 Å². The Labute approximate surface area is 87.5 Å². The van der Waals surface area contributed by atoms with E-state index in [1.165, 1.54) is 7.11 Å². The summed E-state index contributed by atoms with van der Waals surface area (Å²) in [5.41, 5.74) is 5.48. The minimum atomic E-state index is 0.204. The summed E-state index contributed by atoms with van der Waals surface area (Å²) in [6.07, 6.45) is 2.29. The number of nitrogens with zero attached hydrogens (tertiary/aromatic N) is 3. The van der Waals surface area contributed by atoms with Crippen molar-refractivity contribution in [3.8, 4) is 6.01 Å². The summed E-state index contributed by atoms with van der Waals surface area (Å²) in [6.45, 7) is 2.14. The minimum absolute atomic E-state index is 0.204. The highest BCUT2D eigenvalue weighted by atomic mass is 32.2. The monoisotopic (exact) mass is 214 g/mol. The summed E-state index contributed by atoms with van der Waals surface area (Å²) in [7, 11) is 1.51. The van der Waals surface area contributed by atoms with E-state index in [-0.39, 0.29) is 12.0 Å². The van der Waals surface area contributed by atoms with Crippen LogP contribution in [0.5, 0.6) is 6.01 Å². The van der Waals surface area contributed by atoms with Gasteiger partial charge in [-0.15, -0.1) is 0 Å². The predicted octanol–water partition coefficient (Wildman–Crippen LogP) is 1.35. The molecule has 1 heterocycles. The molecule has 0 saturated heterocycles. The van der Waals surface area contributed by atoms with Gasteiger partial charge < -0.3 is 10.5 Å². The van der Waals surface area contributed by atoms with Crippen LogP contribution in [0.2, 0.25) is 0 Å². The Morgan fingerprint density at radius 1 is 1.36 bits per heavy atom. The summed E-state index contributed by atoms with van der Waals surface area (Å²) in [4.78, 5) is 11.9. The Hall–Kier alpha value is -1.04. The van der Waals surface area contributed by atoms with E-state index in [9.17, 15) is 0 Å². The van der Waals surface area contributed by atoms with Crippen molar-refractivity contribution in [1.29, 1.82) is 0 Å². The van der Waals surface area contributed by atoms with E-state index in [0.717, 1.165) is 18.6 Å². The second-order valence-electron chi connectivity index (χ2n) is 2.66. The van der Waals surface area contributed by atoms with Crippen molar-refractivity contribution in [3.05, 3.63) is 0 Å². The highest BCUT2D eigenvalue weighted by molar-refractivity contribution is 7.99. The summed E-state index contributed by atoms with van der Waals surface area (Å²) in [5.74, 6) is 1.19. The van der Waals surface area contributed by atoms with E-state index in [1.807, 2.05) is 0 Å². The van der Waals surface area contributed by atoms with Gasteiger partial charge in [-0.3, -0.25) is 0 Å². The van der Waals surface area contributed by atoms with Gasteiger partial charge in [-0.2, -0.15) is 15.0 Å². The quantitative estimate of drug-likeness (QED) is 0.589. The second kappa shape index (κ2) is 5.64. The lowest BCUT2D eigenvalue weighted by molar-refractivity contribution is 0.374. The van der Waals surface area contributed by atoms with Crippen LogP contribution in [-0.2, 0) is 0 Å². The molecule has 2 N–H and O–H groups in total. The summed E-state index contributed by atoms with van der Waals surface area (Å²) < 4.78 is 4.89. The molecule has 0 aromatic carbocycles. The molecule has 1 aromatic rings. The third-order valence-corrected chi connectivity index (χ3v) is 2.46. The molecule has 0 amide bonds. The van der Waals surface area contributed by atoms with Crippen LogP contribution in [0.15, 0.2) is 5.16 Å². The van der Waals surface area contributed by atoms with Gasteiger partial charge in [0.05, 0.1) is 7.11 Å². The number of rotatable bonds is 5. The van der Waals surface area contributed by atoms with Gasteiger partial charge in [-0.1, -0.05) is 25.1 Å². The molecular formula is C8H14N4OS. The first-order chi connectivity index (χ1) is 6.76. The van der Waals surface area contributed by atoms with E-state index in [4.69, 9.17) is 10.5 Å². The van der Waals surface area contributed by atoms with Crippen LogP contribution in [0.4, 0.5) is 5.95 Å². The first kappa shape index (κ1) is 11.0. The van der Waals surface area contributed by atoms with Gasteiger partial charge in [0.1, 0.15) is 0 Å². The largest absolute Gasteiger partial charge is 0.467 e. The first-order valence-electron chi connectivity index (χ1n) is 4.44. The lowest BCUT2D eigenvalue weighted by Gasteiger charge is -2.02. The van der Waals surface area contributed by atoms with Crippen LogP contribution >= 0.6 is 11.8 Å². The number of methoxy groups -OCH3 is 1. The Bertz CT molecular complexity index is 295. The number of nitrogens with two attached hydrogens (primary N) is 1. The molecule has 78 valence electrons. The Balaban J connectivity index is 2.62. The minimum Gasteiger partial charge on any atom is -0.467 e. The van der Waals surface area contributed by atoms with Gasteiger partial charge in [-0.05, 0) is 6.42 Å². The second-order valence-corrected chi connectivity index (χ2v) is 3.73.